The average Bonchev–Trinajstić information content (AvgIpc) is 3.07. The maximum Gasteiger partial charge on any atom is 0.300 e. The minimum atomic E-state index is -0.924. The second kappa shape index (κ2) is 8.54. The third-order valence-corrected chi connectivity index (χ3v) is 5.93. The zero-order chi connectivity index (χ0) is 23.9. The summed E-state index contributed by atoms with van der Waals surface area (Å²) in [5.74, 6) is -1.88. The first-order chi connectivity index (χ1) is 15.7. The monoisotopic (exact) mass is 445 g/mol. The predicted octanol–water partition coefficient (Wildman–Crippen LogP) is 5.39. The largest absolute Gasteiger partial charge is 0.507 e. The molecule has 0 spiro atoms. The highest BCUT2D eigenvalue weighted by Gasteiger charge is 2.48. The van der Waals surface area contributed by atoms with E-state index in [-0.39, 0.29) is 16.9 Å². The number of halogens is 1. The van der Waals surface area contributed by atoms with Gasteiger partial charge in [0.05, 0.1) is 18.7 Å². The first-order valence-electron chi connectivity index (χ1n) is 10.5. The highest BCUT2D eigenvalue weighted by molar-refractivity contribution is 6.51. The van der Waals surface area contributed by atoms with Crippen molar-refractivity contribution in [2.45, 2.75) is 26.8 Å². The SMILES string of the molecule is COc1ccccc1C1/C(=C(\O)c2ccc(F)c(C)c2)C(=O)C(=O)N1c1cc(C)ccc1C. The Morgan fingerprint density at radius 1 is 0.970 bits per heavy atom. The minimum absolute atomic E-state index is 0.0728. The molecule has 0 radical (unpaired) electrons. The number of aliphatic hydroxyl groups is 1. The van der Waals surface area contributed by atoms with Gasteiger partial charge >= 0.3 is 0 Å². The van der Waals surface area contributed by atoms with Crippen LogP contribution in [0.2, 0.25) is 0 Å². The van der Waals surface area contributed by atoms with Crippen LogP contribution in [0.4, 0.5) is 10.1 Å². The molecule has 1 aliphatic rings. The predicted molar refractivity (Wildman–Crippen MR) is 125 cm³/mol. The Bertz CT molecular complexity index is 1310. The van der Waals surface area contributed by atoms with Gasteiger partial charge in [-0.2, -0.15) is 0 Å². The fraction of sp³-hybridized carbons (Fsp3) is 0.185. The molecular formula is C27H24FNO4. The van der Waals surface area contributed by atoms with Crippen LogP contribution < -0.4 is 9.64 Å². The van der Waals surface area contributed by atoms with E-state index in [1.54, 1.807) is 31.2 Å². The molecular weight excluding hydrogens is 421 g/mol. The number of methoxy groups -OCH3 is 1. The standard InChI is InChI=1S/C27H24FNO4/c1-15-9-10-16(2)21(13-15)29-24(19-7-5-6-8-22(19)33-4)23(26(31)27(29)32)25(30)18-11-12-20(28)17(3)14-18/h5-14,24,30H,1-4H3/b25-23+. The summed E-state index contributed by atoms with van der Waals surface area (Å²) in [5, 5.41) is 11.2. The molecule has 1 saturated heterocycles. The number of hydrogen-bond acceptors (Lipinski definition) is 4. The van der Waals surface area contributed by atoms with E-state index >= 15 is 0 Å². The van der Waals surface area contributed by atoms with Crippen molar-refractivity contribution in [3.63, 3.8) is 0 Å². The number of benzene rings is 3. The van der Waals surface area contributed by atoms with Crippen LogP contribution >= 0.6 is 0 Å². The van der Waals surface area contributed by atoms with Crippen molar-refractivity contribution < 1.29 is 23.8 Å². The number of aliphatic hydroxyl groups excluding tert-OH is 1. The molecule has 1 atom stereocenters. The van der Waals surface area contributed by atoms with E-state index in [0.29, 0.717) is 22.6 Å². The number of carbonyl (C=O) groups excluding carboxylic acids is 2. The Labute approximate surface area is 191 Å². The van der Waals surface area contributed by atoms with E-state index in [1.807, 2.05) is 32.0 Å². The molecule has 1 heterocycles. The van der Waals surface area contributed by atoms with Gasteiger partial charge in [-0.15, -0.1) is 0 Å². The first-order valence-corrected chi connectivity index (χ1v) is 10.5. The van der Waals surface area contributed by atoms with Crippen molar-refractivity contribution in [2.24, 2.45) is 0 Å². The summed E-state index contributed by atoms with van der Waals surface area (Å²) in [6, 6.07) is 15.9. The summed E-state index contributed by atoms with van der Waals surface area (Å²) >= 11 is 0. The molecule has 0 bridgehead atoms. The zero-order valence-corrected chi connectivity index (χ0v) is 18.8. The Hall–Kier alpha value is -3.93. The number of amides is 1. The maximum atomic E-state index is 13.8. The van der Waals surface area contributed by atoms with Gasteiger partial charge in [0.2, 0.25) is 0 Å². The number of carbonyl (C=O) groups is 2. The normalized spacial score (nSPS) is 17.5. The van der Waals surface area contributed by atoms with Crippen LogP contribution in [0.5, 0.6) is 5.75 Å². The minimum Gasteiger partial charge on any atom is -0.507 e. The summed E-state index contributed by atoms with van der Waals surface area (Å²) < 4.78 is 19.4. The van der Waals surface area contributed by atoms with E-state index in [4.69, 9.17) is 4.74 Å². The smallest absolute Gasteiger partial charge is 0.300 e. The van der Waals surface area contributed by atoms with Crippen LogP contribution in [0.3, 0.4) is 0 Å². The Kier molecular flexibility index (Phi) is 5.77. The molecule has 33 heavy (non-hydrogen) atoms. The molecule has 0 saturated carbocycles. The highest BCUT2D eigenvalue weighted by atomic mass is 19.1. The summed E-state index contributed by atoms with van der Waals surface area (Å²) in [5.41, 5.74) is 3.36. The number of ketones is 1. The number of hydrogen-bond donors (Lipinski definition) is 1. The Balaban J connectivity index is 2.03. The number of aryl methyl sites for hydroxylation is 3. The molecule has 1 N–H and O–H groups in total. The van der Waals surface area contributed by atoms with Crippen molar-refractivity contribution in [1.29, 1.82) is 0 Å². The van der Waals surface area contributed by atoms with Gasteiger partial charge in [-0.1, -0.05) is 30.3 Å². The van der Waals surface area contributed by atoms with E-state index in [0.717, 1.165) is 11.1 Å². The lowest BCUT2D eigenvalue weighted by molar-refractivity contribution is -0.132. The number of ether oxygens (including phenoxy) is 1. The Morgan fingerprint density at radius 2 is 1.70 bits per heavy atom. The summed E-state index contributed by atoms with van der Waals surface area (Å²) in [4.78, 5) is 28.1. The Morgan fingerprint density at radius 3 is 2.39 bits per heavy atom. The van der Waals surface area contributed by atoms with Gasteiger partial charge in [0, 0.05) is 16.8 Å². The molecule has 4 rings (SSSR count). The molecule has 5 nitrogen and oxygen atoms in total. The fourth-order valence-electron chi connectivity index (χ4n) is 4.19. The molecule has 0 aliphatic carbocycles. The lowest BCUT2D eigenvalue weighted by atomic mass is 9.93. The molecule has 6 heteroatoms. The second-order valence-corrected chi connectivity index (χ2v) is 8.16. The van der Waals surface area contributed by atoms with Crippen LogP contribution in [0.15, 0.2) is 66.2 Å². The third kappa shape index (κ3) is 3.78. The molecule has 1 fully saturated rings. The van der Waals surface area contributed by atoms with Gasteiger partial charge in [-0.25, -0.2) is 4.39 Å². The van der Waals surface area contributed by atoms with Crippen molar-refractivity contribution in [2.75, 3.05) is 12.0 Å². The third-order valence-electron chi connectivity index (χ3n) is 5.93. The highest BCUT2D eigenvalue weighted by Crippen LogP contribution is 2.45. The number of para-hydroxylation sites is 1. The van der Waals surface area contributed by atoms with Crippen LogP contribution in [-0.4, -0.2) is 23.9 Å². The number of Topliss-reactive ketones (excluding diaryl/α,β-unsaturated/α-hetero) is 1. The number of nitrogens with zero attached hydrogens (tertiary/aromatic N) is 1. The molecule has 1 unspecified atom stereocenters. The van der Waals surface area contributed by atoms with Crippen LogP contribution in [0.25, 0.3) is 5.76 Å². The van der Waals surface area contributed by atoms with E-state index < -0.39 is 23.5 Å². The molecule has 0 aromatic heterocycles. The van der Waals surface area contributed by atoms with Crippen molar-refractivity contribution in [3.8, 4) is 5.75 Å². The van der Waals surface area contributed by atoms with Crippen molar-refractivity contribution in [3.05, 3.63) is 99.9 Å². The van der Waals surface area contributed by atoms with Crippen molar-refractivity contribution >= 4 is 23.1 Å². The quantitative estimate of drug-likeness (QED) is 0.332. The molecule has 3 aromatic carbocycles. The number of rotatable bonds is 4. The first kappa shape index (κ1) is 22.3. The van der Waals surface area contributed by atoms with E-state index in [9.17, 15) is 19.1 Å². The van der Waals surface area contributed by atoms with E-state index in [1.165, 1.54) is 30.2 Å². The van der Waals surface area contributed by atoms with Crippen LogP contribution in [0, 0.1) is 26.6 Å². The van der Waals surface area contributed by atoms with E-state index in [2.05, 4.69) is 0 Å². The summed E-state index contributed by atoms with van der Waals surface area (Å²) in [6.45, 7) is 5.33. The molecule has 1 amide bonds. The van der Waals surface area contributed by atoms with Gasteiger partial charge in [0.1, 0.15) is 17.3 Å². The summed E-state index contributed by atoms with van der Waals surface area (Å²) in [6.07, 6.45) is 0. The second-order valence-electron chi connectivity index (χ2n) is 8.16. The lowest BCUT2D eigenvalue weighted by Crippen LogP contribution is -2.30. The lowest BCUT2D eigenvalue weighted by Gasteiger charge is -2.28. The molecule has 1 aliphatic heterocycles. The summed E-state index contributed by atoms with van der Waals surface area (Å²) in [7, 11) is 1.51. The maximum absolute atomic E-state index is 13.8. The topological polar surface area (TPSA) is 66.8 Å². The fourth-order valence-corrected chi connectivity index (χ4v) is 4.19. The number of anilines is 1. The van der Waals surface area contributed by atoms with Crippen molar-refractivity contribution in [1.82, 2.24) is 0 Å². The van der Waals surface area contributed by atoms with Gasteiger partial charge in [0.15, 0.2) is 0 Å². The molecule has 168 valence electrons. The molecule has 3 aromatic rings. The van der Waals surface area contributed by atoms with Gasteiger partial charge in [-0.3, -0.25) is 14.5 Å². The van der Waals surface area contributed by atoms with Gasteiger partial charge in [-0.05, 0) is 67.8 Å². The van der Waals surface area contributed by atoms with Gasteiger partial charge in [0.25, 0.3) is 11.7 Å². The van der Waals surface area contributed by atoms with Crippen LogP contribution in [-0.2, 0) is 9.59 Å². The van der Waals surface area contributed by atoms with Crippen LogP contribution in [0.1, 0.15) is 33.9 Å². The average molecular weight is 445 g/mol. The van der Waals surface area contributed by atoms with Gasteiger partial charge < -0.3 is 9.84 Å². The zero-order valence-electron chi connectivity index (χ0n) is 18.8.